The Kier molecular flexibility index (Phi) is 7.54. The smallest absolute Gasteiger partial charge is 0.326 e. The minimum absolute atomic E-state index is 0.0481. The van der Waals surface area contributed by atoms with Gasteiger partial charge in [0.25, 0.3) is 0 Å². The van der Waals surface area contributed by atoms with E-state index in [1.807, 2.05) is 0 Å². The first-order chi connectivity index (χ1) is 15.6. The molecular formula is C22H29N5O5S. The molecular weight excluding hydrogens is 446 g/mol. The maximum absolute atomic E-state index is 13.8. The van der Waals surface area contributed by atoms with Crippen LogP contribution in [0.25, 0.3) is 10.8 Å². The van der Waals surface area contributed by atoms with Crippen LogP contribution < -0.4 is 17.2 Å². The predicted molar refractivity (Wildman–Crippen MR) is 125 cm³/mol. The van der Waals surface area contributed by atoms with E-state index in [1.54, 1.807) is 36.4 Å². The molecule has 1 aliphatic heterocycles. The van der Waals surface area contributed by atoms with Gasteiger partial charge >= 0.3 is 5.97 Å². The maximum Gasteiger partial charge on any atom is 0.326 e. The van der Waals surface area contributed by atoms with Gasteiger partial charge in [0.2, 0.25) is 5.91 Å². The molecule has 1 unspecified atom stereocenters. The van der Waals surface area contributed by atoms with Gasteiger partial charge in [-0.1, -0.05) is 36.4 Å². The van der Waals surface area contributed by atoms with Crippen LogP contribution in [-0.4, -0.2) is 66.7 Å². The molecule has 1 amide bonds. The van der Waals surface area contributed by atoms with Crippen LogP contribution >= 0.6 is 0 Å². The van der Waals surface area contributed by atoms with Crippen molar-refractivity contribution >= 4 is 38.4 Å². The molecule has 0 aromatic heterocycles. The average Bonchev–Trinajstić information content (AvgIpc) is 2.80. The lowest BCUT2D eigenvalue weighted by molar-refractivity contribution is -0.152. The normalized spacial score (nSPS) is 18.5. The van der Waals surface area contributed by atoms with Gasteiger partial charge in [0.05, 0.1) is 10.1 Å². The van der Waals surface area contributed by atoms with Crippen LogP contribution in [0.5, 0.6) is 0 Å². The number of carbonyl (C=O) groups excluding carboxylic acids is 1. The molecule has 0 saturated carbocycles. The molecule has 2 aromatic rings. The van der Waals surface area contributed by atoms with Crippen molar-refractivity contribution in [3.05, 3.63) is 42.5 Å². The Morgan fingerprint density at radius 2 is 1.82 bits per heavy atom. The zero-order valence-corrected chi connectivity index (χ0v) is 18.9. The lowest BCUT2D eigenvalue weighted by Gasteiger charge is -2.36. The van der Waals surface area contributed by atoms with Crippen molar-refractivity contribution in [3.8, 4) is 0 Å². The van der Waals surface area contributed by atoms with Crippen LogP contribution in [0.4, 0.5) is 0 Å². The van der Waals surface area contributed by atoms with E-state index in [2.05, 4.69) is 4.99 Å². The number of likely N-dealkylation sites (tertiary alicyclic amines) is 1. The SMILES string of the molecule is NC(N)=NCCC([C@H](N)C(=O)N1CCCC[C@@H]1C(=O)O)S(=O)(=O)c1cccc2ccccc12. The topological polar surface area (TPSA) is 182 Å². The van der Waals surface area contributed by atoms with Crippen molar-refractivity contribution in [2.24, 2.45) is 22.2 Å². The number of nitrogens with two attached hydrogens (primary N) is 3. The second-order valence-electron chi connectivity index (χ2n) is 8.06. The summed E-state index contributed by atoms with van der Waals surface area (Å²) in [6.07, 6.45) is 1.47. The van der Waals surface area contributed by atoms with Gasteiger partial charge in [0.1, 0.15) is 12.1 Å². The van der Waals surface area contributed by atoms with E-state index >= 15 is 0 Å². The molecule has 3 rings (SSSR count). The van der Waals surface area contributed by atoms with Gasteiger partial charge < -0.3 is 27.2 Å². The van der Waals surface area contributed by atoms with Crippen molar-refractivity contribution in [3.63, 3.8) is 0 Å². The first kappa shape index (κ1) is 24.5. The number of carboxylic acid groups (broad SMARTS) is 1. The van der Waals surface area contributed by atoms with Gasteiger partial charge in [-0.3, -0.25) is 9.79 Å². The molecule has 0 radical (unpaired) electrons. The predicted octanol–water partition coefficient (Wildman–Crippen LogP) is 0.439. The highest BCUT2D eigenvalue weighted by Gasteiger charge is 2.42. The number of benzene rings is 2. The van der Waals surface area contributed by atoms with Crippen LogP contribution in [0.15, 0.2) is 52.4 Å². The Morgan fingerprint density at radius 1 is 1.12 bits per heavy atom. The van der Waals surface area contributed by atoms with E-state index in [9.17, 15) is 23.1 Å². The lowest BCUT2D eigenvalue weighted by Crippen LogP contribution is -2.58. The molecule has 33 heavy (non-hydrogen) atoms. The van der Waals surface area contributed by atoms with E-state index in [1.165, 1.54) is 11.0 Å². The van der Waals surface area contributed by atoms with E-state index < -0.39 is 39.0 Å². The fourth-order valence-electron chi connectivity index (χ4n) is 4.26. The number of carboxylic acids is 1. The standard InChI is InChI=1S/C22H29N5O5S/c23-19(20(28)27-13-4-3-9-16(27)21(29)30)18(11-12-26-22(24)25)33(31,32)17-10-5-7-14-6-1-2-8-15(14)17/h1-2,5-8,10,16,18-19H,3-4,9,11-13,23H2,(H,29,30)(H4,24,25,26)/t16-,18?,19+/m1/s1. The monoisotopic (exact) mass is 475 g/mol. The maximum atomic E-state index is 13.8. The summed E-state index contributed by atoms with van der Waals surface area (Å²) in [6.45, 7) is 0.152. The first-order valence-corrected chi connectivity index (χ1v) is 12.2. The first-order valence-electron chi connectivity index (χ1n) is 10.7. The van der Waals surface area contributed by atoms with Crippen LogP contribution in [-0.2, 0) is 19.4 Å². The highest BCUT2D eigenvalue weighted by molar-refractivity contribution is 7.92. The summed E-state index contributed by atoms with van der Waals surface area (Å²) in [7, 11) is -4.12. The fraction of sp³-hybridized carbons (Fsp3) is 0.409. The zero-order chi connectivity index (χ0) is 24.2. The Morgan fingerprint density at radius 3 is 2.52 bits per heavy atom. The lowest BCUT2D eigenvalue weighted by atomic mass is 10.00. The van der Waals surface area contributed by atoms with Crippen molar-refractivity contribution in [1.82, 2.24) is 4.90 Å². The van der Waals surface area contributed by atoms with Crippen LogP contribution in [0.3, 0.4) is 0 Å². The van der Waals surface area contributed by atoms with E-state index in [0.717, 1.165) is 5.39 Å². The number of piperidine rings is 1. The molecule has 1 fully saturated rings. The Bertz CT molecular complexity index is 1160. The van der Waals surface area contributed by atoms with Crippen LogP contribution in [0.1, 0.15) is 25.7 Å². The van der Waals surface area contributed by atoms with E-state index in [-0.39, 0.29) is 30.4 Å². The summed E-state index contributed by atoms with van der Waals surface area (Å²) in [5.41, 5.74) is 17.0. The molecule has 1 aliphatic rings. The number of guanidine groups is 1. The molecule has 0 aliphatic carbocycles. The number of aliphatic imine (C=N–C) groups is 1. The quantitative estimate of drug-likeness (QED) is 0.313. The summed E-state index contributed by atoms with van der Waals surface area (Å²) in [5, 5.41) is 9.42. The summed E-state index contributed by atoms with van der Waals surface area (Å²) < 4.78 is 27.6. The minimum atomic E-state index is -4.12. The number of nitrogens with zero attached hydrogens (tertiary/aromatic N) is 2. The van der Waals surface area contributed by atoms with Gasteiger partial charge in [-0.15, -0.1) is 0 Å². The number of amides is 1. The van der Waals surface area contributed by atoms with Crippen molar-refractivity contribution in [2.75, 3.05) is 13.1 Å². The van der Waals surface area contributed by atoms with E-state index in [0.29, 0.717) is 24.6 Å². The summed E-state index contributed by atoms with van der Waals surface area (Å²) in [4.78, 5) is 30.1. The van der Waals surface area contributed by atoms with Crippen molar-refractivity contribution < 1.29 is 23.1 Å². The molecule has 1 saturated heterocycles. The number of carbonyl (C=O) groups is 2. The number of sulfone groups is 1. The van der Waals surface area contributed by atoms with Crippen molar-refractivity contribution in [1.29, 1.82) is 0 Å². The molecule has 2 aromatic carbocycles. The highest BCUT2D eigenvalue weighted by atomic mass is 32.2. The van der Waals surface area contributed by atoms with Crippen LogP contribution in [0, 0.1) is 0 Å². The van der Waals surface area contributed by atoms with Gasteiger partial charge in [-0.2, -0.15) is 0 Å². The second-order valence-corrected chi connectivity index (χ2v) is 10.2. The molecule has 1 heterocycles. The number of fused-ring (bicyclic) bond motifs is 1. The third-order valence-corrected chi connectivity index (χ3v) is 8.21. The number of hydrogen-bond donors (Lipinski definition) is 4. The molecule has 0 bridgehead atoms. The molecule has 11 heteroatoms. The van der Waals surface area contributed by atoms with Gasteiger partial charge in [-0.25, -0.2) is 13.2 Å². The van der Waals surface area contributed by atoms with Gasteiger partial charge in [-0.05, 0) is 37.1 Å². The number of hydrogen-bond acceptors (Lipinski definition) is 6. The third kappa shape index (κ3) is 5.25. The highest BCUT2D eigenvalue weighted by Crippen LogP contribution is 2.29. The summed E-state index contributed by atoms with van der Waals surface area (Å²) in [5.74, 6) is -2.05. The van der Waals surface area contributed by atoms with Gasteiger partial charge in [0.15, 0.2) is 15.8 Å². The molecule has 10 nitrogen and oxygen atoms in total. The number of rotatable bonds is 8. The Hall–Kier alpha value is -3.18. The molecule has 178 valence electrons. The number of aliphatic carboxylic acids is 1. The Balaban J connectivity index is 2.02. The molecule has 3 atom stereocenters. The fourth-order valence-corrected chi connectivity index (χ4v) is 6.26. The van der Waals surface area contributed by atoms with Gasteiger partial charge in [0, 0.05) is 18.5 Å². The minimum Gasteiger partial charge on any atom is -0.480 e. The Labute approximate surface area is 192 Å². The summed E-state index contributed by atoms with van der Waals surface area (Å²) >= 11 is 0. The molecule has 0 spiro atoms. The van der Waals surface area contributed by atoms with Crippen LogP contribution in [0.2, 0.25) is 0 Å². The molecule has 7 N–H and O–H groups in total. The summed E-state index contributed by atoms with van der Waals surface area (Å²) in [6, 6.07) is 9.38. The zero-order valence-electron chi connectivity index (χ0n) is 18.1. The average molecular weight is 476 g/mol. The largest absolute Gasteiger partial charge is 0.480 e. The third-order valence-electron chi connectivity index (χ3n) is 5.92. The van der Waals surface area contributed by atoms with E-state index in [4.69, 9.17) is 17.2 Å². The second kappa shape index (κ2) is 10.2. The van der Waals surface area contributed by atoms with Crippen molar-refractivity contribution in [2.45, 2.75) is 47.9 Å².